The number of nitrogens with one attached hydrogen (secondary N) is 2. The van der Waals surface area contributed by atoms with E-state index < -0.39 is 0 Å². The molecule has 0 unspecified atom stereocenters. The third-order valence-corrected chi connectivity index (χ3v) is 3.47. The summed E-state index contributed by atoms with van der Waals surface area (Å²) in [6, 6.07) is 6.11. The molecule has 0 aromatic carbocycles. The van der Waals surface area contributed by atoms with Crippen LogP contribution in [0.25, 0.3) is 0 Å². The van der Waals surface area contributed by atoms with Gasteiger partial charge >= 0.3 is 0 Å². The maximum atomic E-state index is 5.91. The van der Waals surface area contributed by atoms with Crippen molar-refractivity contribution >= 4 is 17.4 Å². The fraction of sp³-hybridized carbons (Fsp3) is 0.643. The lowest BCUT2D eigenvalue weighted by atomic mass is 9.79. The molecule has 2 heterocycles. The number of hydrogen-bond acceptors (Lipinski definition) is 3. The van der Waals surface area contributed by atoms with Gasteiger partial charge in [0.2, 0.25) is 0 Å². The summed E-state index contributed by atoms with van der Waals surface area (Å²) < 4.78 is 0. The van der Waals surface area contributed by atoms with Crippen molar-refractivity contribution in [3.63, 3.8) is 0 Å². The van der Waals surface area contributed by atoms with Crippen LogP contribution in [0.3, 0.4) is 0 Å². The van der Waals surface area contributed by atoms with Crippen LogP contribution in [-0.4, -0.2) is 22.1 Å². The number of nitrogens with zero attached hydrogens (tertiary/aromatic N) is 1. The third kappa shape index (κ3) is 3.59. The molecule has 1 fully saturated rings. The van der Waals surface area contributed by atoms with E-state index in [4.69, 9.17) is 11.6 Å². The van der Waals surface area contributed by atoms with Crippen LogP contribution in [0.2, 0.25) is 5.15 Å². The van der Waals surface area contributed by atoms with E-state index in [0.29, 0.717) is 11.2 Å². The first-order chi connectivity index (χ1) is 8.26. The van der Waals surface area contributed by atoms with Crippen molar-refractivity contribution in [1.82, 2.24) is 10.3 Å². The molecule has 100 valence electrons. The molecule has 0 amide bonds. The van der Waals surface area contributed by atoms with Gasteiger partial charge in [-0.25, -0.2) is 4.98 Å². The molecule has 0 atom stereocenters. The van der Waals surface area contributed by atoms with Crippen LogP contribution in [0.15, 0.2) is 18.2 Å². The van der Waals surface area contributed by atoms with Crippen molar-refractivity contribution in [2.45, 2.75) is 57.7 Å². The predicted octanol–water partition coefficient (Wildman–Crippen LogP) is 3.46. The minimum absolute atomic E-state index is 0.137. The van der Waals surface area contributed by atoms with E-state index in [1.54, 1.807) is 6.07 Å². The monoisotopic (exact) mass is 267 g/mol. The predicted molar refractivity (Wildman–Crippen MR) is 77.2 cm³/mol. The van der Waals surface area contributed by atoms with Gasteiger partial charge in [0, 0.05) is 17.1 Å². The van der Waals surface area contributed by atoms with Crippen molar-refractivity contribution in [2.24, 2.45) is 0 Å². The summed E-state index contributed by atoms with van der Waals surface area (Å²) in [5.74, 6) is 0.862. The van der Waals surface area contributed by atoms with Gasteiger partial charge in [-0.05, 0) is 52.7 Å². The Morgan fingerprint density at radius 3 is 2.39 bits per heavy atom. The smallest absolute Gasteiger partial charge is 0.131 e. The summed E-state index contributed by atoms with van der Waals surface area (Å²) in [7, 11) is 0. The summed E-state index contributed by atoms with van der Waals surface area (Å²) in [4.78, 5) is 4.30. The van der Waals surface area contributed by atoms with Crippen molar-refractivity contribution in [3.05, 3.63) is 23.4 Å². The fourth-order valence-corrected chi connectivity index (χ4v) is 3.29. The van der Waals surface area contributed by atoms with Gasteiger partial charge in [0.25, 0.3) is 0 Å². The van der Waals surface area contributed by atoms with E-state index in [9.17, 15) is 0 Å². The summed E-state index contributed by atoms with van der Waals surface area (Å²) in [5.41, 5.74) is 0.274. The highest BCUT2D eigenvalue weighted by Crippen LogP contribution is 2.30. The molecule has 3 nitrogen and oxygen atoms in total. The van der Waals surface area contributed by atoms with Crippen LogP contribution in [0, 0.1) is 0 Å². The molecule has 1 aromatic heterocycles. The molecule has 0 aliphatic carbocycles. The largest absolute Gasteiger partial charge is 0.367 e. The van der Waals surface area contributed by atoms with Crippen LogP contribution in [-0.2, 0) is 0 Å². The zero-order valence-corrected chi connectivity index (χ0v) is 12.3. The second-order valence-corrected chi connectivity index (χ2v) is 6.88. The number of anilines is 1. The Kier molecular flexibility index (Phi) is 3.56. The quantitative estimate of drug-likeness (QED) is 0.806. The van der Waals surface area contributed by atoms with Gasteiger partial charge in [0.05, 0.1) is 0 Å². The molecule has 4 heteroatoms. The second kappa shape index (κ2) is 4.71. The average Bonchev–Trinajstić information content (AvgIpc) is 2.11. The SMILES string of the molecule is CC1(C)CC(Nc2cccc(Cl)n2)CC(C)(C)N1. The minimum Gasteiger partial charge on any atom is -0.367 e. The zero-order chi connectivity index (χ0) is 13.4. The second-order valence-electron chi connectivity index (χ2n) is 6.49. The maximum absolute atomic E-state index is 5.91. The van der Waals surface area contributed by atoms with Gasteiger partial charge in [0.15, 0.2) is 0 Å². The Morgan fingerprint density at radius 1 is 1.22 bits per heavy atom. The number of pyridine rings is 1. The van der Waals surface area contributed by atoms with Gasteiger partial charge in [0.1, 0.15) is 11.0 Å². The van der Waals surface area contributed by atoms with E-state index in [2.05, 4.69) is 43.3 Å². The number of hydrogen-bond donors (Lipinski definition) is 2. The zero-order valence-electron chi connectivity index (χ0n) is 11.5. The van der Waals surface area contributed by atoms with Crippen LogP contribution in [0.1, 0.15) is 40.5 Å². The fourth-order valence-electron chi connectivity index (χ4n) is 3.12. The summed E-state index contributed by atoms with van der Waals surface area (Å²) in [5, 5.41) is 7.70. The molecule has 1 aliphatic heterocycles. The Hall–Kier alpha value is -0.800. The summed E-state index contributed by atoms with van der Waals surface area (Å²) >= 11 is 5.91. The van der Waals surface area contributed by atoms with E-state index in [-0.39, 0.29) is 11.1 Å². The van der Waals surface area contributed by atoms with Gasteiger partial charge in [-0.3, -0.25) is 0 Å². The van der Waals surface area contributed by atoms with Crippen LogP contribution in [0.5, 0.6) is 0 Å². The first-order valence-corrected chi connectivity index (χ1v) is 6.82. The van der Waals surface area contributed by atoms with Gasteiger partial charge in [-0.2, -0.15) is 0 Å². The molecule has 1 saturated heterocycles. The highest BCUT2D eigenvalue weighted by Gasteiger charge is 2.37. The molecule has 1 aliphatic rings. The van der Waals surface area contributed by atoms with Crippen molar-refractivity contribution in [1.29, 1.82) is 0 Å². The van der Waals surface area contributed by atoms with E-state index in [1.807, 2.05) is 12.1 Å². The Bertz CT molecular complexity index is 413. The molecule has 1 aromatic rings. The molecule has 2 N–H and O–H groups in total. The molecular formula is C14H22ClN3. The summed E-state index contributed by atoms with van der Waals surface area (Å²) in [6.45, 7) is 8.98. The number of aromatic nitrogens is 1. The number of rotatable bonds is 2. The normalized spacial score (nSPS) is 22.7. The van der Waals surface area contributed by atoms with Crippen LogP contribution in [0.4, 0.5) is 5.82 Å². The molecule has 0 saturated carbocycles. The van der Waals surface area contributed by atoms with E-state index in [0.717, 1.165) is 18.7 Å². The number of piperidine rings is 1. The first kappa shape index (κ1) is 13.6. The molecule has 0 radical (unpaired) electrons. The lowest BCUT2D eigenvalue weighted by molar-refractivity contribution is 0.170. The molecular weight excluding hydrogens is 246 g/mol. The first-order valence-electron chi connectivity index (χ1n) is 6.44. The van der Waals surface area contributed by atoms with E-state index >= 15 is 0 Å². The van der Waals surface area contributed by atoms with Gasteiger partial charge in [-0.1, -0.05) is 17.7 Å². The Morgan fingerprint density at radius 2 is 1.83 bits per heavy atom. The van der Waals surface area contributed by atoms with Gasteiger partial charge < -0.3 is 10.6 Å². The lowest BCUT2D eigenvalue weighted by Crippen LogP contribution is -2.60. The van der Waals surface area contributed by atoms with Crippen molar-refractivity contribution < 1.29 is 0 Å². The minimum atomic E-state index is 0.137. The molecule has 2 rings (SSSR count). The highest BCUT2D eigenvalue weighted by atomic mass is 35.5. The standard InChI is InChI=1S/C14H22ClN3/c1-13(2)8-10(9-14(3,4)18-13)16-12-7-5-6-11(15)17-12/h5-7,10,18H,8-9H2,1-4H3,(H,16,17). The van der Waals surface area contributed by atoms with Gasteiger partial charge in [-0.15, -0.1) is 0 Å². The molecule has 18 heavy (non-hydrogen) atoms. The number of halogens is 1. The topological polar surface area (TPSA) is 37.0 Å². The van der Waals surface area contributed by atoms with Crippen molar-refractivity contribution in [2.75, 3.05) is 5.32 Å². The average molecular weight is 268 g/mol. The Labute approximate surface area is 114 Å². The third-order valence-electron chi connectivity index (χ3n) is 3.26. The molecule has 0 bridgehead atoms. The Balaban J connectivity index is 2.09. The lowest BCUT2D eigenvalue weighted by Gasteiger charge is -2.46. The van der Waals surface area contributed by atoms with Crippen LogP contribution >= 0.6 is 11.6 Å². The maximum Gasteiger partial charge on any atom is 0.131 e. The van der Waals surface area contributed by atoms with Crippen molar-refractivity contribution in [3.8, 4) is 0 Å². The summed E-state index contributed by atoms with van der Waals surface area (Å²) in [6.07, 6.45) is 2.15. The van der Waals surface area contributed by atoms with Crippen LogP contribution < -0.4 is 10.6 Å². The highest BCUT2D eigenvalue weighted by molar-refractivity contribution is 6.29. The van der Waals surface area contributed by atoms with E-state index in [1.165, 1.54) is 0 Å². The molecule has 0 spiro atoms.